The van der Waals surface area contributed by atoms with Crippen LogP contribution in [-0.4, -0.2) is 52.0 Å². The van der Waals surface area contributed by atoms with Gasteiger partial charge in [-0.05, 0) is 0 Å². The number of ether oxygens (including phenoxy) is 1. The number of hydrogen-bond acceptors (Lipinski definition) is 7. The number of nitrogens with zero attached hydrogens (tertiary/aromatic N) is 1. The molecule has 0 aromatic carbocycles. The van der Waals surface area contributed by atoms with Gasteiger partial charge < -0.3 is 29.0 Å². The Morgan fingerprint density at radius 3 is 2.52 bits per heavy atom. The Bertz CT molecular complexity index is 929. The maximum Gasteiger partial charge on any atom is 0.376 e. The molecule has 0 radical (unpaired) electrons. The van der Waals surface area contributed by atoms with Crippen molar-refractivity contribution in [1.82, 2.24) is 9.55 Å². The van der Waals surface area contributed by atoms with Crippen molar-refractivity contribution >= 4 is 38.4 Å². The molecule has 1 aromatic rings. The molecule has 0 aliphatic carbocycles. The van der Waals surface area contributed by atoms with Crippen LogP contribution < -0.4 is 11.2 Å². The molecule has 0 bridgehead atoms. The minimum absolute atomic E-state index is 0.291. The van der Waals surface area contributed by atoms with Gasteiger partial charge in [-0.1, -0.05) is 23.2 Å². The summed E-state index contributed by atoms with van der Waals surface area (Å²) < 4.78 is 43.3. The van der Waals surface area contributed by atoms with Crippen molar-refractivity contribution in [1.29, 1.82) is 0 Å². The van der Waals surface area contributed by atoms with E-state index in [1.165, 1.54) is 0 Å². The first kappa shape index (κ1) is 22.7. The zero-order chi connectivity index (χ0) is 20.8. The summed E-state index contributed by atoms with van der Waals surface area (Å²) >= 11 is 10.5. The normalized spacial score (nSPS) is 26.1. The van der Waals surface area contributed by atoms with Crippen LogP contribution >= 0.6 is 38.4 Å². The van der Waals surface area contributed by atoms with Crippen LogP contribution in [0.4, 0.5) is 4.39 Å². The first-order valence-corrected chi connectivity index (χ1v) is 10.9. The Labute approximate surface area is 159 Å². The van der Waals surface area contributed by atoms with Gasteiger partial charge in [0.2, 0.25) is 5.82 Å². The van der Waals surface area contributed by atoms with E-state index in [1.54, 1.807) is 4.98 Å². The van der Waals surface area contributed by atoms with Crippen LogP contribution in [0.1, 0.15) is 12.6 Å². The fourth-order valence-electron chi connectivity index (χ4n) is 2.13. The van der Waals surface area contributed by atoms with E-state index in [2.05, 4.69) is 4.52 Å². The summed E-state index contributed by atoms with van der Waals surface area (Å²) in [4.78, 5) is 51.9. The van der Waals surface area contributed by atoms with Crippen molar-refractivity contribution in [3.8, 4) is 0 Å². The summed E-state index contributed by atoms with van der Waals surface area (Å²) in [5, 5.41) is 9.92. The minimum Gasteiger partial charge on any atom is -0.390 e. The van der Waals surface area contributed by atoms with E-state index in [4.69, 9.17) is 37.7 Å². The number of aromatic amines is 1. The summed E-state index contributed by atoms with van der Waals surface area (Å²) in [6.07, 6.45) is -3.75. The number of alkyl halides is 2. The number of aliphatic hydroxyl groups excluding tert-OH is 1. The lowest BCUT2D eigenvalue weighted by Crippen LogP contribution is -2.34. The molecular formula is C10H13Cl2FN2O10P2. The molecule has 17 heteroatoms. The Hall–Kier alpha value is -0.590. The molecular weight excluding hydrogens is 460 g/mol. The molecule has 0 amide bonds. The van der Waals surface area contributed by atoms with E-state index in [0.29, 0.717) is 10.8 Å². The summed E-state index contributed by atoms with van der Waals surface area (Å²) in [5.41, 5.74) is -2.29. The number of aromatic nitrogens is 2. The lowest BCUT2D eigenvalue weighted by atomic mass is 10.2. The number of halogens is 3. The first-order valence-electron chi connectivity index (χ1n) is 6.93. The highest BCUT2D eigenvalue weighted by atomic mass is 35.5. The zero-order valence-corrected chi connectivity index (χ0v) is 16.2. The van der Waals surface area contributed by atoms with Gasteiger partial charge in [-0.2, -0.15) is 4.39 Å². The Morgan fingerprint density at radius 2 is 1.96 bits per heavy atom. The average Bonchev–Trinajstić information content (AvgIpc) is 2.88. The van der Waals surface area contributed by atoms with E-state index in [0.717, 1.165) is 0 Å². The van der Waals surface area contributed by atoms with Crippen molar-refractivity contribution in [2.75, 3.05) is 6.61 Å². The van der Waals surface area contributed by atoms with Gasteiger partial charge in [0.15, 0.2) is 0 Å². The van der Waals surface area contributed by atoms with Crippen LogP contribution in [0, 0.1) is 5.82 Å². The number of rotatable bonds is 6. The van der Waals surface area contributed by atoms with Gasteiger partial charge in [-0.25, -0.2) is 4.79 Å². The molecule has 4 atom stereocenters. The van der Waals surface area contributed by atoms with Crippen LogP contribution in [0.5, 0.6) is 0 Å². The molecule has 1 unspecified atom stereocenters. The van der Waals surface area contributed by atoms with Crippen LogP contribution in [0.15, 0.2) is 15.8 Å². The SMILES string of the molecule is O=c1[nH]c(=O)n([C@H]2C[C@H](O)[C@@H](COP(=O)(O)C(Cl)(Cl)P(=O)(O)O)O2)cc1F. The summed E-state index contributed by atoms with van der Waals surface area (Å²) in [5.74, 6) is -1.29. The van der Waals surface area contributed by atoms with Gasteiger partial charge in [-0.15, -0.1) is 0 Å². The van der Waals surface area contributed by atoms with E-state index in [1.807, 2.05) is 0 Å². The van der Waals surface area contributed by atoms with Crippen molar-refractivity contribution < 1.29 is 42.6 Å². The second-order valence-corrected chi connectivity index (χ2v) is 11.9. The number of hydrogen-bond donors (Lipinski definition) is 5. The van der Waals surface area contributed by atoms with E-state index in [-0.39, 0.29) is 6.42 Å². The highest BCUT2D eigenvalue weighted by molar-refractivity contribution is 7.78. The van der Waals surface area contributed by atoms with Crippen molar-refractivity contribution in [3.05, 3.63) is 32.9 Å². The highest BCUT2D eigenvalue weighted by Crippen LogP contribution is 2.75. The van der Waals surface area contributed by atoms with Crippen LogP contribution in [0.25, 0.3) is 0 Å². The van der Waals surface area contributed by atoms with Gasteiger partial charge in [0.05, 0.1) is 18.9 Å². The van der Waals surface area contributed by atoms with Gasteiger partial charge >= 0.3 is 24.7 Å². The molecule has 0 spiro atoms. The summed E-state index contributed by atoms with van der Waals surface area (Å²) in [6.45, 7) is -0.896. The number of aliphatic hydroxyl groups is 1. The van der Waals surface area contributed by atoms with Crippen LogP contribution in [0.2, 0.25) is 0 Å². The largest absolute Gasteiger partial charge is 0.390 e. The fourth-order valence-corrected chi connectivity index (χ4v) is 4.41. The monoisotopic (exact) mass is 472 g/mol. The van der Waals surface area contributed by atoms with E-state index in [9.17, 15) is 33.1 Å². The quantitative estimate of drug-likeness (QED) is 0.273. The fraction of sp³-hybridized carbons (Fsp3) is 0.600. The van der Waals surface area contributed by atoms with Crippen LogP contribution in [-0.2, 0) is 18.4 Å². The van der Waals surface area contributed by atoms with Gasteiger partial charge in [-0.3, -0.25) is 23.5 Å². The summed E-state index contributed by atoms with van der Waals surface area (Å²) in [6, 6.07) is 0. The predicted octanol–water partition coefficient (Wildman–Crippen LogP) is -0.207. The van der Waals surface area contributed by atoms with Gasteiger partial charge in [0.25, 0.3) is 5.56 Å². The molecule has 1 fully saturated rings. The molecule has 1 saturated heterocycles. The minimum atomic E-state index is -5.47. The lowest BCUT2D eigenvalue weighted by Gasteiger charge is -2.26. The molecule has 154 valence electrons. The third-order valence-electron chi connectivity index (χ3n) is 3.54. The third-order valence-corrected chi connectivity index (χ3v) is 9.57. The molecule has 1 aliphatic heterocycles. The van der Waals surface area contributed by atoms with Crippen molar-refractivity contribution in [2.45, 2.75) is 28.7 Å². The topological polar surface area (TPSA) is 188 Å². The maximum atomic E-state index is 13.3. The zero-order valence-electron chi connectivity index (χ0n) is 12.9. The Morgan fingerprint density at radius 1 is 1.37 bits per heavy atom. The number of H-pyrrole nitrogens is 1. The Balaban J connectivity index is 2.13. The molecule has 27 heavy (non-hydrogen) atoms. The molecule has 1 aromatic heterocycles. The third kappa shape index (κ3) is 4.54. The molecule has 12 nitrogen and oxygen atoms in total. The molecule has 5 N–H and O–H groups in total. The number of nitrogens with one attached hydrogen (secondary N) is 1. The maximum absolute atomic E-state index is 13.3. The standard InChI is InChI=1S/C10H13Cl2FN2O10P2/c11-10(12,26(19,20)21)27(22,23)24-3-6-5(16)1-7(25-6)15-2-4(13)8(17)14-9(15)18/h2,5-7,16H,1,3H2,(H,22,23)(H,14,17,18)(H2,19,20,21)/t5-,6+,7+/m0/s1. The molecule has 0 saturated carbocycles. The van der Waals surface area contributed by atoms with Crippen molar-refractivity contribution in [3.63, 3.8) is 0 Å². The second-order valence-electron chi connectivity index (χ2n) is 5.45. The first-order chi connectivity index (χ1) is 12.2. The molecule has 2 heterocycles. The van der Waals surface area contributed by atoms with E-state index < -0.39 is 61.1 Å². The van der Waals surface area contributed by atoms with Crippen molar-refractivity contribution in [2.24, 2.45) is 0 Å². The van der Waals surface area contributed by atoms with Crippen LogP contribution in [0.3, 0.4) is 0 Å². The molecule has 1 aliphatic rings. The van der Waals surface area contributed by atoms with E-state index >= 15 is 0 Å². The highest BCUT2D eigenvalue weighted by Gasteiger charge is 2.60. The predicted molar refractivity (Wildman–Crippen MR) is 88.1 cm³/mol. The smallest absolute Gasteiger partial charge is 0.376 e. The second kappa shape index (κ2) is 7.68. The average molecular weight is 473 g/mol. The van der Waals surface area contributed by atoms with Gasteiger partial charge in [0.1, 0.15) is 12.3 Å². The summed E-state index contributed by atoms with van der Waals surface area (Å²) in [7, 11) is -10.8. The lowest BCUT2D eigenvalue weighted by molar-refractivity contribution is -0.0427. The van der Waals surface area contributed by atoms with Gasteiger partial charge in [0, 0.05) is 6.42 Å². The Kier molecular flexibility index (Phi) is 6.45. The molecule has 2 rings (SSSR count).